The Balaban J connectivity index is 1.67. The van der Waals surface area contributed by atoms with Gasteiger partial charge in [0.25, 0.3) is 0 Å². The second-order valence-electron chi connectivity index (χ2n) is 6.32. The van der Waals surface area contributed by atoms with Gasteiger partial charge in [-0.15, -0.1) is 0 Å². The Hall–Kier alpha value is -3.12. The molecule has 0 saturated heterocycles. The molecule has 7 heteroatoms. The van der Waals surface area contributed by atoms with Crippen LogP contribution in [0.25, 0.3) is 11.0 Å². The van der Waals surface area contributed by atoms with Gasteiger partial charge in [0.2, 0.25) is 5.28 Å². The van der Waals surface area contributed by atoms with Gasteiger partial charge in [0.1, 0.15) is 11.5 Å². The fourth-order valence-corrected chi connectivity index (χ4v) is 3.16. The lowest BCUT2D eigenvalue weighted by molar-refractivity contribution is 0.482. The van der Waals surface area contributed by atoms with Gasteiger partial charge in [0.15, 0.2) is 11.5 Å². The number of benzene rings is 2. The van der Waals surface area contributed by atoms with Crippen molar-refractivity contribution in [3.8, 4) is 11.5 Å². The number of nitrogens with zero attached hydrogens (tertiary/aromatic N) is 4. The molecule has 0 amide bonds. The number of ether oxygens (including phenoxy) is 1. The highest BCUT2D eigenvalue weighted by Gasteiger charge is 2.14. The Bertz CT molecular complexity index is 1100. The Labute approximate surface area is 161 Å². The number of aromatic nitrogens is 4. The SMILES string of the molecule is Cc1cc(Oc2ccccc2)cc(C)c1Nc1nn(C)c2nc(Cl)ncc12. The van der Waals surface area contributed by atoms with E-state index in [1.54, 1.807) is 10.9 Å². The minimum absolute atomic E-state index is 0.201. The van der Waals surface area contributed by atoms with E-state index in [9.17, 15) is 0 Å². The number of fused-ring (bicyclic) bond motifs is 1. The third kappa shape index (κ3) is 3.44. The molecule has 0 aliphatic rings. The molecule has 0 radical (unpaired) electrons. The van der Waals surface area contributed by atoms with E-state index in [0.717, 1.165) is 33.7 Å². The van der Waals surface area contributed by atoms with Gasteiger partial charge in [0.05, 0.1) is 5.39 Å². The van der Waals surface area contributed by atoms with Gasteiger partial charge in [-0.1, -0.05) is 18.2 Å². The maximum atomic E-state index is 5.95. The van der Waals surface area contributed by atoms with Crippen LogP contribution in [-0.4, -0.2) is 19.7 Å². The molecule has 4 aromatic rings. The smallest absolute Gasteiger partial charge is 0.224 e. The predicted molar refractivity (Wildman–Crippen MR) is 107 cm³/mol. The molecule has 2 aromatic heterocycles. The summed E-state index contributed by atoms with van der Waals surface area (Å²) in [6, 6.07) is 13.7. The van der Waals surface area contributed by atoms with Crippen LogP contribution in [0.15, 0.2) is 48.7 Å². The molecule has 2 aromatic carbocycles. The summed E-state index contributed by atoms with van der Waals surface area (Å²) in [7, 11) is 1.83. The zero-order valence-electron chi connectivity index (χ0n) is 15.2. The molecule has 0 aliphatic heterocycles. The van der Waals surface area contributed by atoms with E-state index in [-0.39, 0.29) is 5.28 Å². The van der Waals surface area contributed by atoms with Gasteiger partial charge in [-0.25, -0.2) is 9.67 Å². The van der Waals surface area contributed by atoms with Crippen molar-refractivity contribution < 1.29 is 4.74 Å². The summed E-state index contributed by atoms with van der Waals surface area (Å²) in [6.07, 6.45) is 1.68. The highest BCUT2D eigenvalue weighted by Crippen LogP contribution is 2.32. The standard InChI is InChI=1S/C20H18ClN5O/c1-12-9-15(27-14-7-5-4-6-8-14)10-13(2)17(12)23-18-16-11-22-20(21)24-19(16)26(3)25-18/h4-11H,1-3H3,(H,23,25). The lowest BCUT2D eigenvalue weighted by Gasteiger charge is -2.14. The maximum Gasteiger partial charge on any atom is 0.224 e. The average molecular weight is 380 g/mol. The van der Waals surface area contributed by atoms with Crippen LogP contribution in [-0.2, 0) is 7.05 Å². The topological polar surface area (TPSA) is 64.9 Å². The molecule has 4 rings (SSSR count). The zero-order chi connectivity index (χ0) is 19.0. The predicted octanol–water partition coefficient (Wildman–Crippen LogP) is 5.17. The van der Waals surface area contributed by atoms with Crippen molar-refractivity contribution in [1.29, 1.82) is 0 Å². The molecule has 0 spiro atoms. The highest BCUT2D eigenvalue weighted by molar-refractivity contribution is 6.28. The van der Waals surface area contributed by atoms with Crippen LogP contribution in [0.2, 0.25) is 5.28 Å². The number of nitrogens with one attached hydrogen (secondary N) is 1. The largest absolute Gasteiger partial charge is 0.457 e. The molecule has 0 fully saturated rings. The van der Waals surface area contributed by atoms with Crippen molar-refractivity contribution in [2.45, 2.75) is 13.8 Å². The Morgan fingerprint density at radius 3 is 2.44 bits per heavy atom. The van der Waals surface area contributed by atoms with Crippen LogP contribution in [0.1, 0.15) is 11.1 Å². The van der Waals surface area contributed by atoms with Gasteiger partial charge >= 0.3 is 0 Å². The third-order valence-electron chi connectivity index (χ3n) is 4.28. The van der Waals surface area contributed by atoms with Gasteiger partial charge in [-0.3, -0.25) is 0 Å². The Morgan fingerprint density at radius 1 is 1.04 bits per heavy atom. The summed E-state index contributed by atoms with van der Waals surface area (Å²) in [5.41, 5.74) is 3.76. The van der Waals surface area contributed by atoms with Crippen LogP contribution >= 0.6 is 11.6 Å². The van der Waals surface area contributed by atoms with E-state index in [1.807, 2.05) is 63.4 Å². The quantitative estimate of drug-likeness (QED) is 0.495. The molecule has 0 aliphatic carbocycles. The lowest BCUT2D eigenvalue weighted by atomic mass is 10.1. The number of para-hydroxylation sites is 1. The molecular weight excluding hydrogens is 362 g/mol. The molecular formula is C20H18ClN5O. The summed E-state index contributed by atoms with van der Waals surface area (Å²) in [4.78, 5) is 8.31. The second kappa shape index (κ2) is 6.89. The van der Waals surface area contributed by atoms with Gasteiger partial charge in [-0.05, 0) is 60.8 Å². The van der Waals surface area contributed by atoms with E-state index < -0.39 is 0 Å². The van der Waals surface area contributed by atoms with Crippen LogP contribution < -0.4 is 10.1 Å². The number of aryl methyl sites for hydroxylation is 3. The fourth-order valence-electron chi connectivity index (χ4n) is 3.03. The van der Waals surface area contributed by atoms with E-state index in [2.05, 4.69) is 20.4 Å². The monoisotopic (exact) mass is 379 g/mol. The maximum absolute atomic E-state index is 5.95. The molecule has 1 N–H and O–H groups in total. The normalized spacial score (nSPS) is 11.0. The lowest BCUT2D eigenvalue weighted by Crippen LogP contribution is -1.99. The molecule has 27 heavy (non-hydrogen) atoms. The number of anilines is 2. The van der Waals surface area contributed by atoms with Crippen molar-refractivity contribution in [3.05, 3.63) is 65.1 Å². The first-order valence-electron chi connectivity index (χ1n) is 8.47. The van der Waals surface area contributed by atoms with Crippen LogP contribution in [0.4, 0.5) is 11.5 Å². The van der Waals surface area contributed by atoms with Gasteiger partial charge in [0, 0.05) is 18.9 Å². The number of rotatable bonds is 4. The Morgan fingerprint density at radius 2 is 1.74 bits per heavy atom. The highest BCUT2D eigenvalue weighted by atomic mass is 35.5. The van der Waals surface area contributed by atoms with Crippen molar-refractivity contribution >= 4 is 34.1 Å². The first kappa shape index (κ1) is 17.3. The van der Waals surface area contributed by atoms with Gasteiger partial charge < -0.3 is 10.1 Å². The third-order valence-corrected chi connectivity index (χ3v) is 4.46. The first-order valence-corrected chi connectivity index (χ1v) is 8.85. The summed E-state index contributed by atoms with van der Waals surface area (Å²) in [6.45, 7) is 4.07. The Kier molecular flexibility index (Phi) is 4.41. The van der Waals surface area contributed by atoms with Crippen LogP contribution in [0, 0.1) is 13.8 Å². The van der Waals surface area contributed by atoms with Gasteiger partial charge in [-0.2, -0.15) is 10.1 Å². The average Bonchev–Trinajstić information content (AvgIpc) is 2.94. The van der Waals surface area contributed by atoms with Crippen LogP contribution in [0.5, 0.6) is 11.5 Å². The molecule has 136 valence electrons. The van der Waals surface area contributed by atoms with Crippen LogP contribution in [0.3, 0.4) is 0 Å². The summed E-state index contributed by atoms with van der Waals surface area (Å²) in [5, 5.41) is 8.93. The zero-order valence-corrected chi connectivity index (χ0v) is 15.9. The van der Waals surface area contributed by atoms with E-state index in [1.165, 1.54) is 0 Å². The number of halogens is 1. The summed E-state index contributed by atoms with van der Waals surface area (Å²) < 4.78 is 7.63. The summed E-state index contributed by atoms with van der Waals surface area (Å²) >= 11 is 5.90. The van der Waals surface area contributed by atoms with E-state index in [0.29, 0.717) is 11.5 Å². The molecule has 0 unspecified atom stereocenters. The summed E-state index contributed by atoms with van der Waals surface area (Å²) in [5.74, 6) is 2.29. The van der Waals surface area contributed by atoms with Crippen molar-refractivity contribution in [3.63, 3.8) is 0 Å². The minimum atomic E-state index is 0.201. The minimum Gasteiger partial charge on any atom is -0.457 e. The number of hydrogen-bond acceptors (Lipinski definition) is 5. The first-order chi connectivity index (χ1) is 13.0. The second-order valence-corrected chi connectivity index (χ2v) is 6.66. The van der Waals surface area contributed by atoms with E-state index >= 15 is 0 Å². The van der Waals surface area contributed by atoms with Crippen molar-refractivity contribution in [2.24, 2.45) is 7.05 Å². The molecule has 0 bridgehead atoms. The molecule has 0 atom stereocenters. The fraction of sp³-hybridized carbons (Fsp3) is 0.150. The number of hydrogen-bond donors (Lipinski definition) is 1. The molecule has 0 saturated carbocycles. The van der Waals surface area contributed by atoms with Crippen molar-refractivity contribution in [1.82, 2.24) is 19.7 Å². The molecule has 6 nitrogen and oxygen atoms in total. The molecule has 2 heterocycles. The van der Waals surface area contributed by atoms with E-state index in [4.69, 9.17) is 16.3 Å². The van der Waals surface area contributed by atoms with Crippen molar-refractivity contribution in [2.75, 3.05) is 5.32 Å².